The van der Waals surface area contributed by atoms with Crippen molar-refractivity contribution in [1.82, 2.24) is 15.1 Å². The van der Waals surface area contributed by atoms with Crippen molar-refractivity contribution in [2.75, 3.05) is 32.7 Å². The number of nitrogens with one attached hydrogen (secondary N) is 1. The molecule has 0 unspecified atom stereocenters. The number of carbonyl (C=O) groups is 2. The largest absolute Gasteiger partial charge is 0.338 e. The first-order valence-corrected chi connectivity index (χ1v) is 10.5. The predicted molar refractivity (Wildman–Crippen MR) is 113 cm³/mol. The lowest BCUT2D eigenvalue weighted by Gasteiger charge is -2.34. The van der Waals surface area contributed by atoms with Gasteiger partial charge >= 0.3 is 6.03 Å². The Morgan fingerprint density at radius 2 is 1.66 bits per heavy atom. The lowest BCUT2D eigenvalue weighted by atomic mass is 10.1. The molecule has 7 heteroatoms. The molecule has 3 aromatic rings. The first-order chi connectivity index (χ1) is 14.1. The topological polar surface area (TPSA) is 52.7 Å². The molecule has 0 aliphatic carbocycles. The van der Waals surface area contributed by atoms with Crippen molar-refractivity contribution < 1.29 is 14.0 Å². The number of thiophene rings is 1. The molecule has 0 atom stereocenters. The van der Waals surface area contributed by atoms with E-state index in [4.69, 9.17) is 0 Å². The SMILES string of the molecule is O=C(NCCc1csc2ccccc12)N1CCN(C(=O)c2ccccc2F)CC1. The third-order valence-electron chi connectivity index (χ3n) is 5.19. The molecule has 1 aromatic heterocycles. The van der Waals surface area contributed by atoms with Gasteiger partial charge in [0.25, 0.3) is 5.91 Å². The van der Waals surface area contributed by atoms with E-state index in [1.165, 1.54) is 27.8 Å². The van der Waals surface area contributed by atoms with Crippen LogP contribution in [0.15, 0.2) is 53.9 Å². The Labute approximate surface area is 172 Å². The predicted octanol–water partition coefficient (Wildman–Crippen LogP) is 3.75. The summed E-state index contributed by atoms with van der Waals surface area (Å²) < 4.78 is 15.1. The van der Waals surface area contributed by atoms with Gasteiger partial charge in [0.1, 0.15) is 5.82 Å². The standard InChI is InChI=1S/C22H22FN3O2S/c23-19-7-3-1-6-18(19)21(27)25-11-13-26(14-12-25)22(28)24-10-9-16-15-29-20-8-4-2-5-17(16)20/h1-8,15H,9-14H2,(H,24,28). The summed E-state index contributed by atoms with van der Waals surface area (Å²) in [4.78, 5) is 28.2. The summed E-state index contributed by atoms with van der Waals surface area (Å²) in [5, 5.41) is 6.35. The van der Waals surface area contributed by atoms with Gasteiger partial charge in [-0.05, 0) is 40.9 Å². The van der Waals surface area contributed by atoms with Crippen molar-refractivity contribution in [3.63, 3.8) is 0 Å². The molecule has 1 aliphatic rings. The maximum atomic E-state index is 13.8. The Morgan fingerprint density at radius 3 is 2.45 bits per heavy atom. The second-order valence-corrected chi connectivity index (χ2v) is 7.91. The molecule has 3 amide bonds. The minimum absolute atomic E-state index is 0.0772. The summed E-state index contributed by atoms with van der Waals surface area (Å²) in [6.45, 7) is 2.24. The van der Waals surface area contributed by atoms with Crippen LogP contribution in [-0.2, 0) is 6.42 Å². The average Bonchev–Trinajstić information content (AvgIpc) is 3.17. The molecular formula is C22H22FN3O2S. The highest BCUT2D eigenvalue weighted by Gasteiger charge is 2.26. The zero-order chi connectivity index (χ0) is 20.2. The minimum Gasteiger partial charge on any atom is -0.338 e. The van der Waals surface area contributed by atoms with Crippen LogP contribution in [0.5, 0.6) is 0 Å². The monoisotopic (exact) mass is 411 g/mol. The Hall–Kier alpha value is -2.93. The van der Waals surface area contributed by atoms with Gasteiger partial charge in [-0.3, -0.25) is 4.79 Å². The zero-order valence-corrected chi connectivity index (χ0v) is 16.8. The van der Waals surface area contributed by atoms with Crippen molar-refractivity contribution in [1.29, 1.82) is 0 Å². The Bertz CT molecular complexity index is 1030. The van der Waals surface area contributed by atoms with Crippen LogP contribution in [0, 0.1) is 5.82 Å². The van der Waals surface area contributed by atoms with Gasteiger partial charge in [-0.2, -0.15) is 0 Å². The molecule has 5 nitrogen and oxygen atoms in total. The summed E-state index contributed by atoms with van der Waals surface area (Å²) >= 11 is 1.72. The van der Waals surface area contributed by atoms with E-state index in [0.29, 0.717) is 32.7 Å². The van der Waals surface area contributed by atoms with Gasteiger partial charge in [-0.1, -0.05) is 30.3 Å². The van der Waals surface area contributed by atoms with Crippen LogP contribution in [0.25, 0.3) is 10.1 Å². The number of hydrogen-bond acceptors (Lipinski definition) is 3. The summed E-state index contributed by atoms with van der Waals surface area (Å²) in [5.41, 5.74) is 1.32. The molecule has 0 bridgehead atoms. The molecule has 1 N–H and O–H groups in total. The highest BCUT2D eigenvalue weighted by atomic mass is 32.1. The summed E-state index contributed by atoms with van der Waals surface area (Å²) in [6, 6.07) is 14.1. The number of amides is 3. The van der Waals surface area contributed by atoms with Crippen molar-refractivity contribution in [2.24, 2.45) is 0 Å². The first-order valence-electron chi connectivity index (χ1n) is 9.65. The van der Waals surface area contributed by atoms with Crippen molar-refractivity contribution in [2.45, 2.75) is 6.42 Å². The zero-order valence-electron chi connectivity index (χ0n) is 15.9. The van der Waals surface area contributed by atoms with Crippen LogP contribution >= 0.6 is 11.3 Å². The van der Waals surface area contributed by atoms with Crippen LogP contribution in [0.1, 0.15) is 15.9 Å². The Morgan fingerprint density at radius 1 is 0.966 bits per heavy atom. The van der Waals surface area contributed by atoms with Crippen LogP contribution < -0.4 is 5.32 Å². The number of rotatable bonds is 4. The molecule has 0 spiro atoms. The number of piperazine rings is 1. The highest BCUT2D eigenvalue weighted by molar-refractivity contribution is 7.17. The first kappa shape index (κ1) is 19.4. The second kappa shape index (κ2) is 8.61. The van der Waals surface area contributed by atoms with Crippen LogP contribution in [-0.4, -0.2) is 54.5 Å². The molecular weight excluding hydrogens is 389 g/mol. The van der Waals surface area contributed by atoms with E-state index in [0.717, 1.165) is 6.42 Å². The van der Waals surface area contributed by atoms with Gasteiger partial charge < -0.3 is 15.1 Å². The molecule has 2 aromatic carbocycles. The maximum Gasteiger partial charge on any atom is 0.317 e. The van der Waals surface area contributed by atoms with Gasteiger partial charge in [0.2, 0.25) is 0 Å². The lowest BCUT2D eigenvalue weighted by molar-refractivity contribution is 0.0660. The lowest BCUT2D eigenvalue weighted by Crippen LogP contribution is -2.53. The van der Waals surface area contributed by atoms with Crippen LogP contribution in [0.4, 0.5) is 9.18 Å². The number of hydrogen-bond donors (Lipinski definition) is 1. The van der Waals surface area contributed by atoms with Gasteiger partial charge in [0.05, 0.1) is 5.56 Å². The number of halogens is 1. The fourth-order valence-corrected chi connectivity index (χ4v) is 4.56. The highest BCUT2D eigenvalue weighted by Crippen LogP contribution is 2.25. The van der Waals surface area contributed by atoms with Crippen molar-refractivity contribution >= 4 is 33.4 Å². The quantitative estimate of drug-likeness (QED) is 0.711. The number of nitrogens with zero attached hydrogens (tertiary/aromatic N) is 2. The Kier molecular flexibility index (Phi) is 5.76. The fourth-order valence-electron chi connectivity index (χ4n) is 3.56. The van der Waals surface area contributed by atoms with E-state index in [2.05, 4.69) is 22.8 Å². The second-order valence-electron chi connectivity index (χ2n) is 7.00. The molecule has 150 valence electrons. The van der Waals surface area contributed by atoms with E-state index in [1.807, 2.05) is 12.1 Å². The van der Waals surface area contributed by atoms with Gasteiger partial charge in [-0.25, -0.2) is 9.18 Å². The normalized spacial score (nSPS) is 14.2. The molecule has 4 rings (SSSR count). The van der Waals surface area contributed by atoms with Gasteiger partial charge in [-0.15, -0.1) is 11.3 Å². The minimum atomic E-state index is -0.515. The van der Waals surface area contributed by atoms with E-state index < -0.39 is 5.82 Å². The van der Waals surface area contributed by atoms with Crippen molar-refractivity contribution in [3.05, 3.63) is 70.9 Å². The van der Waals surface area contributed by atoms with Crippen LogP contribution in [0.3, 0.4) is 0 Å². The third-order valence-corrected chi connectivity index (χ3v) is 6.20. The van der Waals surface area contributed by atoms with E-state index >= 15 is 0 Å². The van der Waals surface area contributed by atoms with E-state index in [-0.39, 0.29) is 17.5 Å². The van der Waals surface area contributed by atoms with Crippen molar-refractivity contribution in [3.8, 4) is 0 Å². The fraction of sp³-hybridized carbons (Fsp3) is 0.273. The Balaban J connectivity index is 1.26. The molecule has 2 heterocycles. The van der Waals surface area contributed by atoms with Crippen LogP contribution in [0.2, 0.25) is 0 Å². The molecule has 1 fully saturated rings. The maximum absolute atomic E-state index is 13.8. The molecule has 0 radical (unpaired) electrons. The summed E-state index contributed by atoms with van der Waals surface area (Å²) in [7, 11) is 0. The van der Waals surface area contributed by atoms with E-state index in [1.54, 1.807) is 33.3 Å². The molecule has 1 aliphatic heterocycles. The number of carbonyl (C=O) groups excluding carboxylic acids is 2. The number of fused-ring (bicyclic) bond motifs is 1. The number of urea groups is 1. The summed E-state index contributed by atoms with van der Waals surface area (Å²) in [6.07, 6.45) is 0.779. The average molecular weight is 412 g/mol. The number of benzene rings is 2. The summed E-state index contributed by atoms with van der Waals surface area (Å²) in [5.74, 6) is -0.842. The molecule has 29 heavy (non-hydrogen) atoms. The van der Waals surface area contributed by atoms with E-state index in [9.17, 15) is 14.0 Å². The molecule has 0 saturated carbocycles. The van der Waals surface area contributed by atoms with Gasteiger partial charge in [0.15, 0.2) is 0 Å². The van der Waals surface area contributed by atoms with Gasteiger partial charge in [0, 0.05) is 37.4 Å². The molecule has 1 saturated heterocycles. The smallest absolute Gasteiger partial charge is 0.317 e. The third kappa shape index (κ3) is 4.24.